The zero-order valence-electron chi connectivity index (χ0n) is 10.9. The van der Waals surface area contributed by atoms with E-state index in [1.54, 1.807) is 18.2 Å². The Morgan fingerprint density at radius 3 is 2.95 bits per heavy atom. The van der Waals surface area contributed by atoms with Gasteiger partial charge in [0.05, 0.1) is 24.1 Å². The summed E-state index contributed by atoms with van der Waals surface area (Å²) in [6.07, 6.45) is 5.11. The minimum absolute atomic E-state index is 0.146. The monoisotopic (exact) mass is 273 g/mol. The summed E-state index contributed by atoms with van der Waals surface area (Å²) < 4.78 is 6.25. The van der Waals surface area contributed by atoms with E-state index in [1.807, 2.05) is 0 Å². The van der Waals surface area contributed by atoms with Gasteiger partial charge in [-0.1, -0.05) is 0 Å². The van der Waals surface area contributed by atoms with Crippen LogP contribution >= 0.6 is 0 Å². The highest BCUT2D eigenvalue weighted by atomic mass is 16.3. The number of hydrogen-bond donors (Lipinski definition) is 1. The molecule has 1 aliphatic carbocycles. The second-order valence-corrected chi connectivity index (χ2v) is 4.86. The minimum Gasteiger partial charge on any atom is -0.472 e. The van der Waals surface area contributed by atoms with E-state index < -0.39 is 0 Å². The first kappa shape index (κ1) is 12.7. The van der Waals surface area contributed by atoms with Crippen LogP contribution in [0.25, 0.3) is 0 Å². The van der Waals surface area contributed by atoms with Gasteiger partial charge in [0, 0.05) is 18.5 Å². The summed E-state index contributed by atoms with van der Waals surface area (Å²) in [5.74, 6) is 0.285. The molecule has 0 atom stereocenters. The Morgan fingerprint density at radius 2 is 2.25 bits per heavy atom. The van der Waals surface area contributed by atoms with Crippen LogP contribution in [0.2, 0.25) is 0 Å². The van der Waals surface area contributed by atoms with Crippen LogP contribution in [0.15, 0.2) is 39.9 Å². The van der Waals surface area contributed by atoms with E-state index in [-0.39, 0.29) is 11.5 Å². The maximum absolute atomic E-state index is 11.7. The molecule has 0 radical (unpaired) electrons. The number of amides is 1. The van der Waals surface area contributed by atoms with Crippen molar-refractivity contribution in [2.75, 3.05) is 6.54 Å². The highest BCUT2D eigenvalue weighted by Crippen LogP contribution is 2.38. The lowest BCUT2D eigenvalue weighted by Gasteiger charge is -2.07. The molecule has 1 aliphatic rings. The van der Waals surface area contributed by atoms with Gasteiger partial charge in [0.15, 0.2) is 0 Å². The van der Waals surface area contributed by atoms with Gasteiger partial charge >= 0.3 is 0 Å². The van der Waals surface area contributed by atoms with E-state index in [9.17, 15) is 9.59 Å². The van der Waals surface area contributed by atoms with Crippen molar-refractivity contribution < 1.29 is 9.21 Å². The summed E-state index contributed by atoms with van der Waals surface area (Å²) in [4.78, 5) is 23.4. The van der Waals surface area contributed by atoms with Crippen LogP contribution in [0.5, 0.6) is 0 Å². The number of nitrogens with zero attached hydrogens (tertiary/aromatic N) is 2. The molecule has 6 nitrogen and oxygen atoms in total. The van der Waals surface area contributed by atoms with E-state index in [4.69, 9.17) is 4.42 Å². The minimum atomic E-state index is -0.217. The molecule has 0 saturated heterocycles. The fourth-order valence-electron chi connectivity index (χ4n) is 1.99. The maximum atomic E-state index is 11.7. The largest absolute Gasteiger partial charge is 0.472 e. The van der Waals surface area contributed by atoms with Crippen molar-refractivity contribution >= 4 is 5.91 Å². The number of aromatic nitrogens is 2. The summed E-state index contributed by atoms with van der Waals surface area (Å²) in [6, 6.07) is 4.92. The van der Waals surface area contributed by atoms with E-state index >= 15 is 0 Å². The first-order valence-electron chi connectivity index (χ1n) is 6.62. The van der Waals surface area contributed by atoms with Crippen LogP contribution in [0.3, 0.4) is 0 Å². The Kier molecular flexibility index (Phi) is 3.37. The Morgan fingerprint density at radius 1 is 1.40 bits per heavy atom. The van der Waals surface area contributed by atoms with Gasteiger partial charge in [0.2, 0.25) is 0 Å². The van der Waals surface area contributed by atoms with E-state index in [2.05, 4.69) is 10.4 Å². The molecule has 2 aromatic rings. The van der Waals surface area contributed by atoms with Gasteiger partial charge in [-0.15, -0.1) is 0 Å². The Balaban J connectivity index is 1.59. The lowest BCUT2D eigenvalue weighted by molar-refractivity contribution is 0.0951. The predicted molar refractivity (Wildman–Crippen MR) is 71.5 cm³/mol. The Bertz CT molecular complexity index is 657. The zero-order valence-corrected chi connectivity index (χ0v) is 10.9. The first-order valence-corrected chi connectivity index (χ1v) is 6.62. The summed E-state index contributed by atoms with van der Waals surface area (Å²) in [6.45, 7) is 0.716. The number of furan rings is 1. The molecular weight excluding hydrogens is 258 g/mol. The molecule has 1 fully saturated rings. The van der Waals surface area contributed by atoms with Crippen molar-refractivity contribution in [3.05, 3.63) is 52.3 Å². The lowest BCUT2D eigenvalue weighted by Crippen LogP contribution is -2.32. The van der Waals surface area contributed by atoms with Crippen molar-refractivity contribution in [2.45, 2.75) is 25.3 Å². The van der Waals surface area contributed by atoms with Crippen LogP contribution in [0, 0.1) is 0 Å². The molecule has 1 saturated carbocycles. The van der Waals surface area contributed by atoms with Gasteiger partial charge in [-0.3, -0.25) is 9.59 Å². The molecule has 0 aliphatic heterocycles. The summed E-state index contributed by atoms with van der Waals surface area (Å²) in [5, 5.41) is 7.05. The molecule has 2 heterocycles. The standard InChI is InChI=1S/C14H15N3O3/c18-13-4-3-12(10-1-2-10)16-17(13)7-6-15-14(19)11-5-8-20-9-11/h3-5,8-10H,1-2,6-7H2,(H,15,19). The summed E-state index contributed by atoms with van der Waals surface area (Å²) in [7, 11) is 0. The smallest absolute Gasteiger partial charge is 0.266 e. The summed E-state index contributed by atoms with van der Waals surface area (Å²) in [5.41, 5.74) is 1.29. The third-order valence-electron chi connectivity index (χ3n) is 3.28. The fourth-order valence-corrected chi connectivity index (χ4v) is 1.99. The second-order valence-electron chi connectivity index (χ2n) is 4.86. The molecule has 1 N–H and O–H groups in total. The predicted octanol–water partition coefficient (Wildman–Crippen LogP) is 1.14. The zero-order chi connectivity index (χ0) is 13.9. The molecule has 2 aromatic heterocycles. The first-order chi connectivity index (χ1) is 9.74. The van der Waals surface area contributed by atoms with Crippen LogP contribution in [-0.2, 0) is 6.54 Å². The van der Waals surface area contributed by atoms with Crippen molar-refractivity contribution in [2.24, 2.45) is 0 Å². The highest BCUT2D eigenvalue weighted by molar-refractivity contribution is 5.93. The van der Waals surface area contributed by atoms with Gasteiger partial charge in [-0.05, 0) is 25.0 Å². The maximum Gasteiger partial charge on any atom is 0.266 e. The summed E-state index contributed by atoms with van der Waals surface area (Å²) >= 11 is 0. The van der Waals surface area contributed by atoms with Crippen LogP contribution in [0.1, 0.15) is 34.8 Å². The molecule has 0 unspecified atom stereocenters. The Labute approximate surface area is 115 Å². The van der Waals surface area contributed by atoms with Crippen LogP contribution < -0.4 is 10.9 Å². The van der Waals surface area contributed by atoms with Crippen molar-refractivity contribution in [1.82, 2.24) is 15.1 Å². The molecule has 3 rings (SSSR count). The van der Waals surface area contributed by atoms with Gasteiger partial charge < -0.3 is 9.73 Å². The molecule has 0 spiro atoms. The Hall–Kier alpha value is -2.37. The van der Waals surface area contributed by atoms with E-state index in [0.717, 1.165) is 18.5 Å². The third kappa shape index (κ3) is 2.79. The average Bonchev–Trinajstić information content (AvgIpc) is 3.15. The van der Waals surface area contributed by atoms with Crippen molar-refractivity contribution in [3.63, 3.8) is 0 Å². The fraction of sp³-hybridized carbons (Fsp3) is 0.357. The molecular formula is C14H15N3O3. The highest BCUT2D eigenvalue weighted by Gasteiger charge is 2.25. The number of rotatable bonds is 5. The normalized spacial score (nSPS) is 14.2. The van der Waals surface area contributed by atoms with Gasteiger partial charge in [-0.25, -0.2) is 4.68 Å². The molecule has 104 valence electrons. The van der Waals surface area contributed by atoms with Crippen molar-refractivity contribution in [1.29, 1.82) is 0 Å². The van der Waals surface area contributed by atoms with Crippen LogP contribution in [-0.4, -0.2) is 22.2 Å². The lowest BCUT2D eigenvalue weighted by atomic mass is 10.3. The average molecular weight is 273 g/mol. The number of nitrogens with one attached hydrogen (secondary N) is 1. The number of carbonyl (C=O) groups excluding carboxylic acids is 1. The number of carbonyl (C=O) groups is 1. The van der Waals surface area contributed by atoms with Gasteiger partial charge in [0.25, 0.3) is 11.5 Å². The van der Waals surface area contributed by atoms with Crippen LogP contribution in [0.4, 0.5) is 0 Å². The van der Waals surface area contributed by atoms with E-state index in [0.29, 0.717) is 24.6 Å². The molecule has 1 amide bonds. The molecule has 0 bridgehead atoms. The van der Waals surface area contributed by atoms with Gasteiger partial charge in [-0.2, -0.15) is 5.10 Å². The number of hydrogen-bond acceptors (Lipinski definition) is 4. The molecule has 0 aromatic carbocycles. The van der Waals surface area contributed by atoms with Crippen molar-refractivity contribution in [3.8, 4) is 0 Å². The quantitative estimate of drug-likeness (QED) is 0.886. The third-order valence-corrected chi connectivity index (χ3v) is 3.28. The SMILES string of the molecule is O=C(NCCn1nc(C2CC2)ccc1=O)c1ccoc1. The topological polar surface area (TPSA) is 77.1 Å². The molecule has 20 heavy (non-hydrogen) atoms. The van der Waals surface area contributed by atoms with E-state index in [1.165, 1.54) is 17.2 Å². The second kappa shape index (κ2) is 5.32. The van der Waals surface area contributed by atoms with Gasteiger partial charge in [0.1, 0.15) is 6.26 Å². The molecule has 6 heteroatoms.